The SMILES string of the molecule is Cc1nn(CCNC(=O)[C@H]2C=CCN2)c(C)c1C. The van der Waals surface area contributed by atoms with Gasteiger partial charge in [-0.25, -0.2) is 0 Å². The molecule has 2 heterocycles. The Hall–Kier alpha value is -1.62. The molecule has 0 unspecified atom stereocenters. The number of hydrogen-bond acceptors (Lipinski definition) is 3. The molecule has 0 bridgehead atoms. The highest BCUT2D eigenvalue weighted by Gasteiger charge is 2.16. The lowest BCUT2D eigenvalue weighted by Gasteiger charge is -2.11. The first-order valence-electron chi connectivity index (χ1n) is 6.28. The Morgan fingerprint density at radius 3 is 2.89 bits per heavy atom. The number of nitrogens with one attached hydrogen (secondary N) is 2. The third kappa shape index (κ3) is 2.61. The molecule has 5 nitrogen and oxygen atoms in total. The van der Waals surface area contributed by atoms with Crippen LogP contribution < -0.4 is 10.6 Å². The lowest BCUT2D eigenvalue weighted by Crippen LogP contribution is -2.41. The van der Waals surface area contributed by atoms with Crippen LogP contribution in [0.3, 0.4) is 0 Å². The Labute approximate surface area is 107 Å². The van der Waals surface area contributed by atoms with Crippen LogP contribution >= 0.6 is 0 Å². The Balaban J connectivity index is 1.83. The van der Waals surface area contributed by atoms with E-state index in [9.17, 15) is 4.79 Å². The smallest absolute Gasteiger partial charge is 0.241 e. The van der Waals surface area contributed by atoms with Gasteiger partial charge >= 0.3 is 0 Å². The first-order valence-corrected chi connectivity index (χ1v) is 6.28. The third-order valence-corrected chi connectivity index (χ3v) is 3.43. The Morgan fingerprint density at radius 1 is 1.56 bits per heavy atom. The number of carbonyl (C=O) groups excluding carboxylic acids is 1. The number of rotatable bonds is 4. The van der Waals surface area contributed by atoms with Gasteiger partial charge in [-0.1, -0.05) is 12.2 Å². The molecule has 1 aromatic heterocycles. The zero-order valence-electron chi connectivity index (χ0n) is 11.2. The molecule has 1 aliphatic heterocycles. The van der Waals surface area contributed by atoms with Crippen molar-refractivity contribution in [3.63, 3.8) is 0 Å². The molecule has 1 aliphatic rings. The van der Waals surface area contributed by atoms with Crippen molar-refractivity contribution in [2.24, 2.45) is 0 Å². The number of aromatic nitrogens is 2. The van der Waals surface area contributed by atoms with Crippen LogP contribution in [-0.4, -0.2) is 34.8 Å². The molecule has 98 valence electrons. The summed E-state index contributed by atoms with van der Waals surface area (Å²) in [7, 11) is 0. The summed E-state index contributed by atoms with van der Waals surface area (Å²) in [6.07, 6.45) is 3.86. The zero-order valence-corrected chi connectivity index (χ0v) is 11.2. The summed E-state index contributed by atoms with van der Waals surface area (Å²) in [6.45, 7) is 8.22. The molecule has 1 aromatic rings. The molecular weight excluding hydrogens is 228 g/mol. The molecular formula is C13H20N4O. The second-order valence-corrected chi connectivity index (χ2v) is 4.62. The molecule has 2 rings (SSSR count). The molecule has 18 heavy (non-hydrogen) atoms. The van der Waals surface area contributed by atoms with Crippen LogP contribution in [0.4, 0.5) is 0 Å². The van der Waals surface area contributed by atoms with E-state index >= 15 is 0 Å². The summed E-state index contributed by atoms with van der Waals surface area (Å²) in [5.74, 6) is 0.0296. The van der Waals surface area contributed by atoms with E-state index in [1.807, 2.05) is 23.8 Å². The van der Waals surface area contributed by atoms with E-state index in [0.717, 1.165) is 12.2 Å². The van der Waals surface area contributed by atoms with Gasteiger partial charge in [0.1, 0.15) is 6.04 Å². The minimum atomic E-state index is -0.174. The average molecular weight is 248 g/mol. The zero-order chi connectivity index (χ0) is 13.1. The van der Waals surface area contributed by atoms with Gasteiger partial charge in [0, 0.05) is 18.8 Å². The number of carbonyl (C=O) groups is 1. The lowest BCUT2D eigenvalue weighted by molar-refractivity contribution is -0.121. The van der Waals surface area contributed by atoms with Crippen molar-refractivity contribution in [1.29, 1.82) is 0 Å². The predicted molar refractivity (Wildman–Crippen MR) is 70.4 cm³/mol. The normalized spacial score (nSPS) is 18.3. The van der Waals surface area contributed by atoms with Crippen LogP contribution in [0.2, 0.25) is 0 Å². The van der Waals surface area contributed by atoms with E-state index in [-0.39, 0.29) is 11.9 Å². The van der Waals surface area contributed by atoms with Crippen molar-refractivity contribution in [1.82, 2.24) is 20.4 Å². The van der Waals surface area contributed by atoms with Crippen molar-refractivity contribution in [3.8, 4) is 0 Å². The van der Waals surface area contributed by atoms with Gasteiger partial charge in [-0.15, -0.1) is 0 Å². The van der Waals surface area contributed by atoms with Gasteiger partial charge in [0.25, 0.3) is 0 Å². The van der Waals surface area contributed by atoms with E-state index in [2.05, 4.69) is 29.6 Å². The molecule has 1 amide bonds. The highest BCUT2D eigenvalue weighted by molar-refractivity contribution is 5.84. The van der Waals surface area contributed by atoms with Gasteiger partial charge in [0.15, 0.2) is 0 Å². The summed E-state index contributed by atoms with van der Waals surface area (Å²) < 4.78 is 1.95. The second kappa shape index (κ2) is 5.35. The highest BCUT2D eigenvalue weighted by Crippen LogP contribution is 2.10. The topological polar surface area (TPSA) is 59.0 Å². The summed E-state index contributed by atoms with van der Waals surface area (Å²) in [5, 5.41) is 10.4. The third-order valence-electron chi connectivity index (χ3n) is 3.43. The van der Waals surface area contributed by atoms with Crippen LogP contribution in [0.5, 0.6) is 0 Å². The van der Waals surface area contributed by atoms with Crippen molar-refractivity contribution in [2.45, 2.75) is 33.4 Å². The van der Waals surface area contributed by atoms with E-state index < -0.39 is 0 Å². The largest absolute Gasteiger partial charge is 0.353 e. The molecule has 0 saturated heterocycles. The fourth-order valence-corrected chi connectivity index (χ4v) is 2.05. The quantitative estimate of drug-likeness (QED) is 0.761. The molecule has 0 aliphatic carbocycles. The number of nitrogens with zero attached hydrogens (tertiary/aromatic N) is 2. The van der Waals surface area contributed by atoms with Gasteiger partial charge in [0.05, 0.1) is 12.2 Å². The minimum absolute atomic E-state index is 0.0296. The summed E-state index contributed by atoms with van der Waals surface area (Å²) in [4.78, 5) is 11.7. The van der Waals surface area contributed by atoms with Gasteiger partial charge in [-0.2, -0.15) is 5.10 Å². The summed E-state index contributed by atoms with van der Waals surface area (Å²) in [5.41, 5.74) is 3.45. The van der Waals surface area contributed by atoms with Crippen LogP contribution in [0, 0.1) is 20.8 Å². The maximum absolute atomic E-state index is 11.7. The van der Waals surface area contributed by atoms with Crippen molar-refractivity contribution in [3.05, 3.63) is 29.1 Å². The van der Waals surface area contributed by atoms with Crippen molar-refractivity contribution in [2.75, 3.05) is 13.1 Å². The van der Waals surface area contributed by atoms with E-state index in [0.29, 0.717) is 13.1 Å². The standard InChI is InChI=1S/C13H20N4O/c1-9-10(2)16-17(11(9)3)8-7-15-13(18)12-5-4-6-14-12/h4-5,12,14H,6-8H2,1-3H3,(H,15,18)/t12-/m1/s1. The molecule has 0 spiro atoms. The predicted octanol–water partition coefficient (Wildman–Crippen LogP) is 0.453. The van der Waals surface area contributed by atoms with E-state index in [1.165, 1.54) is 11.3 Å². The minimum Gasteiger partial charge on any atom is -0.353 e. The van der Waals surface area contributed by atoms with Crippen molar-refractivity contribution < 1.29 is 4.79 Å². The second-order valence-electron chi connectivity index (χ2n) is 4.62. The first-order chi connectivity index (χ1) is 8.59. The summed E-state index contributed by atoms with van der Waals surface area (Å²) in [6, 6.07) is -0.174. The number of hydrogen-bond donors (Lipinski definition) is 2. The van der Waals surface area contributed by atoms with Gasteiger partial charge in [-0.3, -0.25) is 14.8 Å². The number of amides is 1. The van der Waals surface area contributed by atoms with Gasteiger partial charge in [-0.05, 0) is 26.3 Å². The molecule has 0 radical (unpaired) electrons. The van der Waals surface area contributed by atoms with Crippen LogP contribution in [0.1, 0.15) is 17.0 Å². The summed E-state index contributed by atoms with van der Waals surface area (Å²) >= 11 is 0. The number of aryl methyl sites for hydroxylation is 1. The average Bonchev–Trinajstić information content (AvgIpc) is 2.95. The van der Waals surface area contributed by atoms with Gasteiger partial charge in [0.2, 0.25) is 5.91 Å². The Kier molecular flexibility index (Phi) is 3.81. The fraction of sp³-hybridized carbons (Fsp3) is 0.538. The Morgan fingerprint density at radius 2 is 2.33 bits per heavy atom. The fourth-order valence-electron chi connectivity index (χ4n) is 2.05. The maximum Gasteiger partial charge on any atom is 0.241 e. The van der Waals surface area contributed by atoms with Crippen LogP contribution in [0.25, 0.3) is 0 Å². The molecule has 0 aromatic carbocycles. The molecule has 1 atom stereocenters. The molecule has 0 saturated carbocycles. The lowest BCUT2D eigenvalue weighted by atomic mass is 10.2. The molecule has 5 heteroatoms. The van der Waals surface area contributed by atoms with E-state index in [4.69, 9.17) is 0 Å². The monoisotopic (exact) mass is 248 g/mol. The van der Waals surface area contributed by atoms with Crippen LogP contribution in [-0.2, 0) is 11.3 Å². The molecule has 0 fully saturated rings. The van der Waals surface area contributed by atoms with Gasteiger partial charge < -0.3 is 5.32 Å². The molecule has 2 N–H and O–H groups in total. The maximum atomic E-state index is 11.7. The first kappa shape index (κ1) is 12.8. The van der Waals surface area contributed by atoms with Crippen LogP contribution in [0.15, 0.2) is 12.2 Å². The Bertz CT molecular complexity index is 476. The van der Waals surface area contributed by atoms with E-state index in [1.54, 1.807) is 0 Å². The van der Waals surface area contributed by atoms with Crippen molar-refractivity contribution >= 4 is 5.91 Å². The highest BCUT2D eigenvalue weighted by atomic mass is 16.2.